The number of anilines is 1. The highest BCUT2D eigenvalue weighted by Gasteiger charge is 2.17. The average molecular weight is 387 g/mol. The number of benzene rings is 1. The lowest BCUT2D eigenvalue weighted by Gasteiger charge is -2.13. The topological polar surface area (TPSA) is 86.0 Å². The second kappa shape index (κ2) is 7.00. The van der Waals surface area contributed by atoms with Crippen LogP contribution in [0.1, 0.15) is 16.8 Å². The van der Waals surface area contributed by atoms with Crippen LogP contribution in [0, 0.1) is 20.8 Å². The van der Waals surface area contributed by atoms with E-state index in [1.807, 2.05) is 6.92 Å². The molecule has 1 N–H and O–H groups in total. The van der Waals surface area contributed by atoms with E-state index in [1.165, 1.54) is 11.6 Å². The molecule has 8 heteroatoms. The summed E-state index contributed by atoms with van der Waals surface area (Å²) >= 11 is 5.96. The predicted octanol–water partition coefficient (Wildman–Crippen LogP) is 2.31. The van der Waals surface area contributed by atoms with Gasteiger partial charge in [0.15, 0.2) is 0 Å². The molecule has 0 unspecified atom stereocenters. The zero-order valence-corrected chi connectivity index (χ0v) is 16.2. The van der Waals surface area contributed by atoms with Gasteiger partial charge in [-0.2, -0.15) is 0 Å². The molecular weight excluding hydrogens is 368 g/mol. The van der Waals surface area contributed by atoms with Gasteiger partial charge in [0.05, 0.1) is 5.39 Å². The second-order valence-electron chi connectivity index (χ2n) is 6.52. The first-order valence-corrected chi connectivity index (χ1v) is 8.70. The highest BCUT2D eigenvalue weighted by atomic mass is 35.5. The maximum absolute atomic E-state index is 12.9. The van der Waals surface area contributed by atoms with Crippen molar-refractivity contribution < 1.29 is 4.79 Å². The Kier molecular flexibility index (Phi) is 4.89. The van der Waals surface area contributed by atoms with Crippen molar-refractivity contribution in [3.63, 3.8) is 0 Å². The molecule has 0 radical (unpaired) electrons. The van der Waals surface area contributed by atoms with Crippen molar-refractivity contribution in [1.29, 1.82) is 0 Å². The summed E-state index contributed by atoms with van der Waals surface area (Å²) in [7, 11) is 1.53. The number of carbonyl (C=O) groups excluding carboxylic acids is 1. The van der Waals surface area contributed by atoms with Crippen LogP contribution in [0.2, 0.25) is 5.02 Å². The molecule has 1 amide bonds. The zero-order valence-electron chi connectivity index (χ0n) is 15.5. The van der Waals surface area contributed by atoms with Crippen molar-refractivity contribution in [2.75, 3.05) is 5.32 Å². The SMILES string of the molecule is Cc1cc(C)c2c(=O)n(CC(=O)Nc3cc(Cl)ccc3C)c(=O)n(C)c2n1. The zero-order chi connectivity index (χ0) is 19.9. The monoisotopic (exact) mass is 386 g/mol. The summed E-state index contributed by atoms with van der Waals surface area (Å²) in [6, 6.07) is 6.88. The fourth-order valence-electron chi connectivity index (χ4n) is 3.02. The Bertz CT molecular complexity index is 1190. The fraction of sp³-hybridized carbons (Fsp3) is 0.263. The van der Waals surface area contributed by atoms with Crippen molar-refractivity contribution in [1.82, 2.24) is 14.1 Å². The summed E-state index contributed by atoms with van der Waals surface area (Å²) in [5.41, 5.74) is 1.96. The van der Waals surface area contributed by atoms with Crippen molar-refractivity contribution in [2.24, 2.45) is 7.05 Å². The quantitative estimate of drug-likeness (QED) is 0.748. The van der Waals surface area contributed by atoms with E-state index < -0.39 is 23.7 Å². The number of aromatic nitrogens is 3. The molecule has 0 spiro atoms. The minimum absolute atomic E-state index is 0.310. The largest absolute Gasteiger partial charge is 0.332 e. The maximum atomic E-state index is 12.9. The van der Waals surface area contributed by atoms with Gasteiger partial charge in [-0.15, -0.1) is 0 Å². The minimum atomic E-state index is -0.594. The Hall–Kier alpha value is -2.93. The molecule has 3 rings (SSSR count). The third kappa shape index (κ3) is 3.50. The number of hydrogen-bond acceptors (Lipinski definition) is 4. The van der Waals surface area contributed by atoms with Gasteiger partial charge in [-0.3, -0.25) is 18.7 Å². The number of aryl methyl sites for hydroxylation is 4. The van der Waals surface area contributed by atoms with Crippen LogP contribution in [0.5, 0.6) is 0 Å². The summed E-state index contributed by atoms with van der Waals surface area (Å²) in [5, 5.41) is 3.50. The van der Waals surface area contributed by atoms with Gasteiger partial charge in [0, 0.05) is 23.5 Å². The predicted molar refractivity (Wildman–Crippen MR) is 106 cm³/mol. The Morgan fingerprint density at radius 3 is 2.56 bits per heavy atom. The number of amides is 1. The lowest BCUT2D eigenvalue weighted by molar-refractivity contribution is -0.116. The summed E-state index contributed by atoms with van der Waals surface area (Å²) in [4.78, 5) is 42.2. The number of hydrogen-bond donors (Lipinski definition) is 1. The van der Waals surface area contributed by atoms with Crippen molar-refractivity contribution in [3.05, 3.63) is 66.9 Å². The minimum Gasteiger partial charge on any atom is -0.324 e. The van der Waals surface area contributed by atoms with Gasteiger partial charge < -0.3 is 5.32 Å². The average Bonchev–Trinajstić information content (AvgIpc) is 2.59. The van der Waals surface area contributed by atoms with Gasteiger partial charge >= 0.3 is 5.69 Å². The lowest BCUT2D eigenvalue weighted by atomic mass is 10.2. The third-order valence-corrected chi connectivity index (χ3v) is 4.63. The Morgan fingerprint density at radius 1 is 1.15 bits per heavy atom. The molecule has 0 aliphatic carbocycles. The van der Waals surface area contributed by atoms with E-state index in [9.17, 15) is 14.4 Å². The summed E-state index contributed by atoms with van der Waals surface area (Å²) in [5.74, 6) is -0.489. The Balaban J connectivity index is 2.05. The molecule has 0 fully saturated rings. The molecule has 0 aliphatic rings. The number of carbonyl (C=O) groups is 1. The molecule has 0 saturated heterocycles. The lowest BCUT2D eigenvalue weighted by Crippen LogP contribution is -2.42. The van der Waals surface area contributed by atoms with Gasteiger partial charge in [-0.05, 0) is 50.1 Å². The fourth-order valence-corrected chi connectivity index (χ4v) is 3.19. The number of fused-ring (bicyclic) bond motifs is 1. The van der Waals surface area contributed by atoms with Crippen LogP contribution in [0.4, 0.5) is 5.69 Å². The van der Waals surface area contributed by atoms with Gasteiger partial charge in [0.2, 0.25) is 5.91 Å². The molecule has 3 aromatic rings. The molecule has 0 saturated carbocycles. The van der Waals surface area contributed by atoms with Gasteiger partial charge in [0.1, 0.15) is 12.2 Å². The second-order valence-corrected chi connectivity index (χ2v) is 6.96. The maximum Gasteiger partial charge on any atom is 0.332 e. The first kappa shape index (κ1) is 18.8. The van der Waals surface area contributed by atoms with E-state index in [0.717, 1.165) is 10.1 Å². The number of halogens is 1. The smallest absolute Gasteiger partial charge is 0.324 e. The number of rotatable bonds is 3. The van der Waals surface area contributed by atoms with Crippen LogP contribution in [0.3, 0.4) is 0 Å². The van der Waals surface area contributed by atoms with E-state index in [2.05, 4.69) is 10.3 Å². The van der Waals surface area contributed by atoms with E-state index in [1.54, 1.807) is 38.1 Å². The first-order chi connectivity index (χ1) is 12.7. The number of nitrogens with one attached hydrogen (secondary N) is 1. The highest BCUT2D eigenvalue weighted by Crippen LogP contribution is 2.20. The molecule has 27 heavy (non-hydrogen) atoms. The summed E-state index contributed by atoms with van der Waals surface area (Å²) in [6.45, 7) is 5.00. The molecular formula is C19H19ClN4O3. The summed E-state index contributed by atoms with van der Waals surface area (Å²) in [6.07, 6.45) is 0. The Morgan fingerprint density at radius 2 is 1.85 bits per heavy atom. The standard InChI is InChI=1S/C19H19ClN4O3/c1-10-5-6-13(20)8-14(10)22-15(25)9-24-18(26)16-11(2)7-12(3)21-17(16)23(4)19(24)27/h5-8H,9H2,1-4H3,(H,22,25). The third-order valence-electron chi connectivity index (χ3n) is 4.40. The normalized spacial score (nSPS) is 11.0. The van der Waals surface area contributed by atoms with Gasteiger partial charge in [-0.25, -0.2) is 9.78 Å². The van der Waals surface area contributed by atoms with Crippen LogP contribution in [-0.2, 0) is 18.4 Å². The van der Waals surface area contributed by atoms with E-state index in [-0.39, 0.29) is 0 Å². The molecule has 1 aromatic carbocycles. The number of nitrogens with zero attached hydrogens (tertiary/aromatic N) is 3. The van der Waals surface area contributed by atoms with E-state index in [4.69, 9.17) is 11.6 Å². The highest BCUT2D eigenvalue weighted by molar-refractivity contribution is 6.31. The molecule has 2 heterocycles. The van der Waals surface area contributed by atoms with Gasteiger partial charge in [-0.1, -0.05) is 17.7 Å². The van der Waals surface area contributed by atoms with Crippen molar-refractivity contribution >= 4 is 34.2 Å². The van der Waals surface area contributed by atoms with Gasteiger partial charge in [0.25, 0.3) is 5.56 Å². The van der Waals surface area contributed by atoms with Crippen LogP contribution in [0.25, 0.3) is 11.0 Å². The molecule has 0 atom stereocenters. The molecule has 0 bridgehead atoms. The van der Waals surface area contributed by atoms with E-state index >= 15 is 0 Å². The van der Waals surface area contributed by atoms with Crippen molar-refractivity contribution in [3.8, 4) is 0 Å². The number of pyridine rings is 1. The van der Waals surface area contributed by atoms with E-state index in [0.29, 0.717) is 33.0 Å². The van der Waals surface area contributed by atoms with Crippen LogP contribution in [0.15, 0.2) is 33.9 Å². The van der Waals surface area contributed by atoms with Crippen LogP contribution >= 0.6 is 11.6 Å². The van der Waals surface area contributed by atoms with Crippen LogP contribution < -0.4 is 16.6 Å². The van der Waals surface area contributed by atoms with Crippen molar-refractivity contribution in [2.45, 2.75) is 27.3 Å². The molecule has 7 nitrogen and oxygen atoms in total. The first-order valence-electron chi connectivity index (χ1n) is 8.33. The molecule has 2 aromatic heterocycles. The molecule has 140 valence electrons. The molecule has 0 aliphatic heterocycles. The van der Waals surface area contributed by atoms with Crippen LogP contribution in [-0.4, -0.2) is 20.0 Å². The summed E-state index contributed by atoms with van der Waals surface area (Å²) < 4.78 is 2.20. The Labute approximate surface area is 160 Å².